The first-order valence-corrected chi connectivity index (χ1v) is 12.1. The van der Waals surface area contributed by atoms with E-state index in [1.54, 1.807) is 66.5 Å². The van der Waals surface area contributed by atoms with E-state index >= 15 is 0 Å². The normalized spacial score (nSPS) is 13.9. The lowest BCUT2D eigenvalue weighted by atomic mass is 10.1. The average Bonchev–Trinajstić information content (AvgIpc) is 2.89. The number of hydrogen-bond acceptors (Lipinski definition) is 5. The number of piperazine rings is 1. The molecule has 1 fully saturated rings. The molecule has 1 aromatic heterocycles. The molecule has 0 radical (unpaired) electrons. The Balaban J connectivity index is 1.45. The molecule has 4 rings (SSSR count). The lowest BCUT2D eigenvalue weighted by Crippen LogP contribution is -2.49. The van der Waals surface area contributed by atoms with Gasteiger partial charge in [-0.1, -0.05) is 17.7 Å². The molecule has 1 aliphatic rings. The van der Waals surface area contributed by atoms with Gasteiger partial charge in [-0.3, -0.25) is 14.5 Å². The Morgan fingerprint density at radius 1 is 0.944 bits per heavy atom. The van der Waals surface area contributed by atoms with Crippen LogP contribution < -0.4 is 9.80 Å². The van der Waals surface area contributed by atoms with Gasteiger partial charge in [-0.05, 0) is 60.2 Å². The average molecular weight is 510 g/mol. The Labute approximate surface area is 215 Å². The van der Waals surface area contributed by atoms with Gasteiger partial charge in [-0.2, -0.15) is 0 Å². The van der Waals surface area contributed by atoms with E-state index in [1.807, 2.05) is 12.1 Å². The second-order valence-electron chi connectivity index (χ2n) is 8.95. The predicted octanol–water partition coefficient (Wildman–Crippen LogP) is 3.93. The highest BCUT2D eigenvalue weighted by atomic mass is 35.5. The fourth-order valence-corrected chi connectivity index (χ4v) is 4.12. The molecule has 0 N–H and O–H groups in total. The standard InChI is InChI=1S/C27H29ClFN5O2/c1-31(2)26(35)19-32-13-15-33(16-14-32)25-12-3-20(17-30-25)18-34(24-10-8-23(29)9-11-24)27(36)21-4-6-22(28)7-5-21/h3-12,17H,13-16,18-19H2,1-2H3. The van der Waals surface area contributed by atoms with Gasteiger partial charge in [0.25, 0.3) is 5.91 Å². The van der Waals surface area contributed by atoms with Crippen LogP contribution in [0.3, 0.4) is 0 Å². The molecule has 2 heterocycles. The molecule has 188 valence electrons. The lowest BCUT2D eigenvalue weighted by Gasteiger charge is -2.35. The van der Waals surface area contributed by atoms with Gasteiger partial charge in [0.2, 0.25) is 5.91 Å². The van der Waals surface area contributed by atoms with Crippen LogP contribution in [0, 0.1) is 5.82 Å². The fourth-order valence-electron chi connectivity index (χ4n) is 4.00. The number of rotatable bonds is 7. The van der Waals surface area contributed by atoms with Crippen LogP contribution in [-0.4, -0.2) is 73.4 Å². The van der Waals surface area contributed by atoms with E-state index in [4.69, 9.17) is 11.6 Å². The van der Waals surface area contributed by atoms with Crippen LogP contribution in [0.4, 0.5) is 15.9 Å². The van der Waals surface area contributed by atoms with Gasteiger partial charge in [0.1, 0.15) is 11.6 Å². The topological polar surface area (TPSA) is 60.0 Å². The Hall–Kier alpha value is -3.49. The van der Waals surface area contributed by atoms with Crippen LogP contribution in [0.15, 0.2) is 66.9 Å². The van der Waals surface area contributed by atoms with Crippen LogP contribution in [0.5, 0.6) is 0 Å². The van der Waals surface area contributed by atoms with Crippen LogP contribution in [0.1, 0.15) is 15.9 Å². The third-order valence-electron chi connectivity index (χ3n) is 6.18. The second-order valence-corrected chi connectivity index (χ2v) is 9.39. The molecule has 0 unspecified atom stereocenters. The predicted molar refractivity (Wildman–Crippen MR) is 140 cm³/mol. The minimum Gasteiger partial charge on any atom is -0.354 e. The van der Waals surface area contributed by atoms with E-state index in [0.717, 1.165) is 37.6 Å². The summed E-state index contributed by atoms with van der Waals surface area (Å²) in [6.45, 7) is 3.84. The third-order valence-corrected chi connectivity index (χ3v) is 6.43. The van der Waals surface area contributed by atoms with Crippen molar-refractivity contribution < 1.29 is 14.0 Å². The Morgan fingerprint density at radius 3 is 2.19 bits per heavy atom. The molecule has 3 aromatic rings. The number of anilines is 2. The molecule has 2 amide bonds. The van der Waals surface area contributed by atoms with Gasteiger partial charge in [-0.25, -0.2) is 9.37 Å². The molecule has 0 atom stereocenters. The highest BCUT2D eigenvalue weighted by Crippen LogP contribution is 2.23. The molecule has 1 saturated heterocycles. The lowest BCUT2D eigenvalue weighted by molar-refractivity contribution is -0.129. The molecule has 9 heteroatoms. The number of carbonyl (C=O) groups is 2. The fraction of sp³-hybridized carbons (Fsp3) is 0.296. The molecular weight excluding hydrogens is 481 g/mol. The largest absolute Gasteiger partial charge is 0.354 e. The van der Waals surface area contributed by atoms with E-state index in [1.165, 1.54) is 12.1 Å². The number of pyridine rings is 1. The zero-order chi connectivity index (χ0) is 25.7. The van der Waals surface area contributed by atoms with Crippen molar-refractivity contribution in [3.05, 3.63) is 88.8 Å². The number of aromatic nitrogens is 1. The van der Waals surface area contributed by atoms with Gasteiger partial charge >= 0.3 is 0 Å². The summed E-state index contributed by atoms with van der Waals surface area (Å²) < 4.78 is 13.5. The van der Waals surface area contributed by atoms with Crippen LogP contribution in [0.25, 0.3) is 0 Å². The van der Waals surface area contributed by atoms with E-state index in [-0.39, 0.29) is 24.2 Å². The van der Waals surface area contributed by atoms with Crippen LogP contribution in [0.2, 0.25) is 5.02 Å². The van der Waals surface area contributed by atoms with Crippen molar-refractivity contribution in [3.8, 4) is 0 Å². The van der Waals surface area contributed by atoms with E-state index in [0.29, 0.717) is 22.8 Å². The first-order valence-electron chi connectivity index (χ1n) is 11.8. The summed E-state index contributed by atoms with van der Waals surface area (Å²) in [4.78, 5) is 37.5. The molecule has 0 spiro atoms. The van der Waals surface area contributed by atoms with Crippen molar-refractivity contribution in [1.29, 1.82) is 0 Å². The van der Waals surface area contributed by atoms with Crippen molar-refractivity contribution in [2.75, 3.05) is 56.6 Å². The summed E-state index contributed by atoms with van der Waals surface area (Å²) in [6.07, 6.45) is 1.77. The quantitative estimate of drug-likeness (QED) is 0.483. The maximum Gasteiger partial charge on any atom is 0.258 e. The number of hydrogen-bond donors (Lipinski definition) is 0. The smallest absolute Gasteiger partial charge is 0.258 e. The zero-order valence-electron chi connectivity index (χ0n) is 20.4. The molecule has 0 bridgehead atoms. The van der Waals surface area contributed by atoms with Gasteiger partial charge in [0.05, 0.1) is 13.1 Å². The molecule has 2 aromatic carbocycles. The van der Waals surface area contributed by atoms with Crippen molar-refractivity contribution in [3.63, 3.8) is 0 Å². The second kappa shape index (κ2) is 11.5. The summed E-state index contributed by atoms with van der Waals surface area (Å²) in [5.41, 5.74) is 1.92. The number of halogens is 2. The van der Waals surface area contributed by atoms with Crippen molar-refractivity contribution in [2.45, 2.75) is 6.54 Å². The third kappa shape index (κ3) is 6.38. The molecule has 1 aliphatic heterocycles. The van der Waals surface area contributed by atoms with E-state index in [2.05, 4.69) is 14.8 Å². The SMILES string of the molecule is CN(C)C(=O)CN1CCN(c2ccc(CN(C(=O)c3ccc(Cl)cc3)c3ccc(F)cc3)cn2)CC1. The Morgan fingerprint density at radius 2 is 1.61 bits per heavy atom. The molecular formula is C27H29ClFN5O2. The van der Waals surface area contributed by atoms with Gasteiger partial charge < -0.3 is 14.7 Å². The van der Waals surface area contributed by atoms with Crippen molar-refractivity contribution in [1.82, 2.24) is 14.8 Å². The van der Waals surface area contributed by atoms with Crippen LogP contribution in [-0.2, 0) is 11.3 Å². The minimum absolute atomic E-state index is 0.102. The minimum atomic E-state index is -0.366. The van der Waals surface area contributed by atoms with Crippen LogP contribution >= 0.6 is 11.6 Å². The number of benzene rings is 2. The summed E-state index contributed by atoms with van der Waals surface area (Å²) in [7, 11) is 3.54. The monoisotopic (exact) mass is 509 g/mol. The number of nitrogens with zero attached hydrogens (tertiary/aromatic N) is 5. The summed E-state index contributed by atoms with van der Waals surface area (Å²) in [6, 6.07) is 16.4. The van der Waals surface area contributed by atoms with Crippen molar-refractivity contribution in [2.24, 2.45) is 0 Å². The summed E-state index contributed by atoms with van der Waals surface area (Å²) in [5, 5.41) is 0.546. The summed E-state index contributed by atoms with van der Waals surface area (Å²) >= 11 is 5.98. The van der Waals surface area contributed by atoms with E-state index in [9.17, 15) is 14.0 Å². The maximum atomic E-state index is 13.5. The highest BCUT2D eigenvalue weighted by molar-refractivity contribution is 6.30. The zero-order valence-corrected chi connectivity index (χ0v) is 21.2. The number of likely N-dealkylation sites (N-methyl/N-ethyl adjacent to an activating group) is 1. The number of amides is 2. The molecule has 0 aliphatic carbocycles. The highest BCUT2D eigenvalue weighted by Gasteiger charge is 2.22. The van der Waals surface area contributed by atoms with Gasteiger partial charge in [0, 0.05) is 62.7 Å². The Kier molecular flexibility index (Phi) is 8.18. The molecule has 0 saturated carbocycles. The number of carbonyl (C=O) groups excluding carboxylic acids is 2. The molecule has 7 nitrogen and oxygen atoms in total. The first-order chi connectivity index (χ1) is 17.3. The van der Waals surface area contributed by atoms with Crippen molar-refractivity contribution >= 4 is 34.9 Å². The van der Waals surface area contributed by atoms with E-state index < -0.39 is 0 Å². The first kappa shape index (κ1) is 25.6. The van der Waals surface area contributed by atoms with Gasteiger partial charge in [-0.15, -0.1) is 0 Å². The Bertz CT molecular complexity index is 1180. The molecule has 36 heavy (non-hydrogen) atoms. The summed E-state index contributed by atoms with van der Waals surface area (Å²) in [5.74, 6) is 0.375. The maximum absolute atomic E-state index is 13.5. The van der Waals surface area contributed by atoms with Gasteiger partial charge in [0.15, 0.2) is 0 Å².